The van der Waals surface area contributed by atoms with Crippen molar-refractivity contribution >= 4 is 28.8 Å². The van der Waals surface area contributed by atoms with Gasteiger partial charge in [0.2, 0.25) is 0 Å². The first kappa shape index (κ1) is 23.5. The number of carbonyl (C=O) groups excluding carboxylic acids is 2. The number of urea groups is 1. The van der Waals surface area contributed by atoms with E-state index in [0.29, 0.717) is 17.9 Å². The largest absolute Gasteiger partial charge is 0.541 e. The molecule has 0 atom stereocenters. The summed E-state index contributed by atoms with van der Waals surface area (Å²) in [5.41, 5.74) is 2.40. The van der Waals surface area contributed by atoms with Crippen molar-refractivity contribution in [1.29, 1.82) is 0 Å². The number of amides is 3. The van der Waals surface area contributed by atoms with Gasteiger partial charge in [-0.15, -0.1) is 0 Å². The number of hydrogen-bond donors (Lipinski definition) is 3. The molecular formula is C24H29N6O4+. The quantitative estimate of drug-likeness (QED) is 0.380. The van der Waals surface area contributed by atoms with Crippen molar-refractivity contribution in [2.45, 2.75) is 25.4 Å². The van der Waals surface area contributed by atoms with E-state index < -0.39 is 6.03 Å². The van der Waals surface area contributed by atoms with Crippen LogP contribution in [0.25, 0.3) is 22.0 Å². The van der Waals surface area contributed by atoms with Gasteiger partial charge in [-0.3, -0.25) is 5.32 Å². The Balaban J connectivity index is 1.33. The number of pyridine rings is 1. The first-order chi connectivity index (χ1) is 16.4. The van der Waals surface area contributed by atoms with E-state index in [1.165, 1.54) is 11.6 Å². The van der Waals surface area contributed by atoms with Gasteiger partial charge >= 0.3 is 12.1 Å². The molecule has 1 aliphatic heterocycles. The van der Waals surface area contributed by atoms with Gasteiger partial charge in [-0.2, -0.15) is 9.36 Å². The fourth-order valence-corrected chi connectivity index (χ4v) is 4.13. The molecule has 0 aliphatic carbocycles. The zero-order chi connectivity index (χ0) is 24.1. The van der Waals surface area contributed by atoms with Crippen LogP contribution in [0.15, 0.2) is 48.8 Å². The number of carbonyl (C=O) groups is 2. The van der Waals surface area contributed by atoms with Gasteiger partial charge in [0.25, 0.3) is 0 Å². The molecule has 3 aromatic rings. The van der Waals surface area contributed by atoms with E-state index in [-0.39, 0.29) is 16.9 Å². The van der Waals surface area contributed by atoms with Crippen LogP contribution in [0.1, 0.15) is 19.3 Å². The molecule has 34 heavy (non-hydrogen) atoms. The molecule has 0 unspecified atom stereocenters. The number of likely N-dealkylation sites (tertiary alicyclic amines) is 1. The van der Waals surface area contributed by atoms with Gasteiger partial charge in [0.1, 0.15) is 24.6 Å². The van der Waals surface area contributed by atoms with Crippen molar-refractivity contribution in [2.24, 2.45) is 0 Å². The fourth-order valence-electron chi connectivity index (χ4n) is 4.13. The standard InChI is InChI=1S/C24H28N6O4/c1-28(34)24(33)30-14-6-19-15-17(3-4-21(19)30)18-5-10-25-22(16-18)27-23(32)26-9-2-11-29-12-7-20(31)8-13-29/h3-6,10,14-16,20,31H,2,7-9,11-13H2,1H3,(H-,25,26,27,32)/p+1. The minimum atomic E-state index is -0.654. The van der Waals surface area contributed by atoms with Crippen LogP contribution in [-0.4, -0.2) is 75.7 Å². The number of benzene rings is 1. The highest BCUT2D eigenvalue weighted by atomic mass is 16.3. The molecule has 10 nitrogen and oxygen atoms in total. The van der Waals surface area contributed by atoms with E-state index in [1.807, 2.05) is 18.2 Å². The van der Waals surface area contributed by atoms with E-state index >= 15 is 0 Å². The Morgan fingerprint density at radius 3 is 2.68 bits per heavy atom. The highest BCUT2D eigenvalue weighted by Crippen LogP contribution is 2.26. The molecule has 2 aromatic heterocycles. The third-order valence-electron chi connectivity index (χ3n) is 5.99. The van der Waals surface area contributed by atoms with E-state index in [9.17, 15) is 19.6 Å². The third kappa shape index (κ3) is 5.64. The Labute approximate surface area is 197 Å². The third-order valence-corrected chi connectivity index (χ3v) is 5.99. The van der Waals surface area contributed by atoms with E-state index in [2.05, 4.69) is 20.5 Å². The van der Waals surface area contributed by atoms with Gasteiger partial charge in [0, 0.05) is 36.0 Å². The van der Waals surface area contributed by atoms with Crippen molar-refractivity contribution in [2.75, 3.05) is 38.5 Å². The summed E-state index contributed by atoms with van der Waals surface area (Å²) >= 11 is 0. The van der Waals surface area contributed by atoms with Gasteiger partial charge in [-0.25, -0.2) is 9.78 Å². The molecule has 3 N–H and O–H groups in total. The zero-order valence-corrected chi connectivity index (χ0v) is 19.1. The Hall–Kier alpha value is -3.63. The molecule has 0 radical (unpaired) electrons. The van der Waals surface area contributed by atoms with Crippen molar-refractivity contribution in [3.8, 4) is 11.1 Å². The maximum Gasteiger partial charge on any atom is 0.541 e. The molecule has 1 fully saturated rings. The molecule has 0 saturated carbocycles. The topological polar surface area (TPSA) is 120 Å². The molecular weight excluding hydrogens is 436 g/mol. The van der Waals surface area contributed by atoms with Crippen LogP contribution in [0.5, 0.6) is 0 Å². The van der Waals surface area contributed by atoms with Crippen LogP contribution in [0.2, 0.25) is 0 Å². The summed E-state index contributed by atoms with van der Waals surface area (Å²) < 4.78 is 1.60. The lowest BCUT2D eigenvalue weighted by Crippen LogP contribution is -2.38. The molecule has 4 rings (SSSR count). The second-order valence-electron chi connectivity index (χ2n) is 8.48. The fraction of sp³-hybridized carbons (Fsp3) is 0.375. The van der Waals surface area contributed by atoms with E-state index in [4.69, 9.17) is 0 Å². The molecule has 178 valence electrons. The zero-order valence-electron chi connectivity index (χ0n) is 19.1. The molecule has 1 aromatic carbocycles. The number of rotatable bonds is 6. The minimum absolute atomic E-state index is 0.179. The number of nitrogens with one attached hydrogen (secondary N) is 2. The van der Waals surface area contributed by atoms with Crippen LogP contribution in [0, 0.1) is 4.91 Å². The second-order valence-corrected chi connectivity index (χ2v) is 8.48. The first-order valence-corrected chi connectivity index (χ1v) is 11.4. The van der Waals surface area contributed by atoms with Gasteiger partial charge in [0.05, 0.1) is 6.10 Å². The van der Waals surface area contributed by atoms with E-state index in [1.54, 1.807) is 30.6 Å². The SMILES string of the molecule is C[N+](=O)C(=O)n1ccc2cc(-c3ccnc(NC(=O)NCCCN4CCC(O)CC4)c3)ccc21. The molecule has 3 amide bonds. The summed E-state index contributed by atoms with van der Waals surface area (Å²) in [5.74, 6) is 0.431. The predicted octanol–water partition coefficient (Wildman–Crippen LogP) is 3.05. The van der Waals surface area contributed by atoms with Crippen molar-refractivity contribution in [3.05, 3.63) is 53.7 Å². The van der Waals surface area contributed by atoms with Gasteiger partial charge in [-0.05, 0) is 67.3 Å². The van der Waals surface area contributed by atoms with Gasteiger partial charge in [0.15, 0.2) is 0 Å². The molecule has 1 aliphatic rings. The summed E-state index contributed by atoms with van der Waals surface area (Å²) in [6.07, 6.45) is 5.47. The average Bonchev–Trinajstić information content (AvgIpc) is 3.26. The van der Waals surface area contributed by atoms with Crippen molar-refractivity contribution in [3.63, 3.8) is 0 Å². The number of fused-ring (bicyclic) bond motifs is 1. The maximum absolute atomic E-state index is 12.3. The van der Waals surface area contributed by atoms with Crippen LogP contribution < -0.4 is 10.6 Å². The number of aromatic nitrogens is 2. The lowest BCUT2D eigenvalue weighted by Gasteiger charge is -2.29. The van der Waals surface area contributed by atoms with Gasteiger partial charge < -0.3 is 15.3 Å². The number of anilines is 1. The van der Waals surface area contributed by atoms with Crippen LogP contribution in [-0.2, 0) is 0 Å². The summed E-state index contributed by atoms with van der Waals surface area (Å²) in [4.78, 5) is 42.2. The molecule has 1 saturated heterocycles. The predicted molar refractivity (Wildman–Crippen MR) is 129 cm³/mol. The van der Waals surface area contributed by atoms with Crippen LogP contribution in [0.3, 0.4) is 0 Å². The number of nitrogens with zero attached hydrogens (tertiary/aromatic N) is 4. The first-order valence-electron chi connectivity index (χ1n) is 11.4. The lowest BCUT2D eigenvalue weighted by molar-refractivity contribution is -0.416. The Kier molecular flexibility index (Phi) is 7.29. The van der Waals surface area contributed by atoms with E-state index in [0.717, 1.165) is 55.4 Å². The van der Waals surface area contributed by atoms with Crippen LogP contribution >= 0.6 is 0 Å². The number of nitroso groups, excluding NO2 is 1. The summed E-state index contributed by atoms with van der Waals surface area (Å²) in [5, 5.41) is 16.0. The lowest BCUT2D eigenvalue weighted by atomic mass is 10.1. The average molecular weight is 466 g/mol. The van der Waals surface area contributed by atoms with Crippen molar-refractivity contribution in [1.82, 2.24) is 19.8 Å². The Morgan fingerprint density at radius 1 is 1.15 bits per heavy atom. The normalized spacial score (nSPS) is 14.8. The van der Waals surface area contributed by atoms with Crippen LogP contribution in [0.4, 0.5) is 15.4 Å². The smallest absolute Gasteiger partial charge is 0.393 e. The molecule has 0 bridgehead atoms. The second kappa shape index (κ2) is 10.5. The Bertz CT molecular complexity index is 1200. The van der Waals surface area contributed by atoms with Gasteiger partial charge in [-0.1, -0.05) is 11.0 Å². The maximum atomic E-state index is 12.3. The Morgan fingerprint density at radius 2 is 1.91 bits per heavy atom. The number of hydrogen-bond acceptors (Lipinski definition) is 6. The van der Waals surface area contributed by atoms with Crippen molar-refractivity contribution < 1.29 is 19.5 Å². The highest BCUT2D eigenvalue weighted by Gasteiger charge is 2.21. The number of piperidine rings is 1. The molecule has 3 heterocycles. The molecule has 0 spiro atoms. The summed E-state index contributed by atoms with van der Waals surface area (Å²) in [7, 11) is 1.17. The molecule has 10 heteroatoms. The number of aliphatic hydroxyl groups excluding tert-OH is 1. The highest BCUT2D eigenvalue weighted by molar-refractivity contribution is 5.92. The minimum Gasteiger partial charge on any atom is -0.393 e. The summed E-state index contributed by atoms with van der Waals surface area (Å²) in [6.45, 7) is 3.23. The monoisotopic (exact) mass is 465 g/mol. The summed E-state index contributed by atoms with van der Waals surface area (Å²) in [6, 6.07) is 10.00. The number of aliphatic hydroxyl groups is 1.